The van der Waals surface area contributed by atoms with Gasteiger partial charge in [0, 0.05) is 51.4 Å². The average Bonchev–Trinajstić information content (AvgIpc) is 2.74. The van der Waals surface area contributed by atoms with Gasteiger partial charge in [0.05, 0.1) is 15.7 Å². The van der Waals surface area contributed by atoms with Crippen LogP contribution in [0.2, 0.25) is 10.0 Å². The van der Waals surface area contributed by atoms with Crippen LogP contribution in [0.25, 0.3) is 0 Å². The Balaban J connectivity index is 1.49. The normalized spacial score (nSPS) is 16.9. The largest absolute Gasteiger partial charge is 0.368 e. The molecule has 1 saturated heterocycles. The van der Waals surface area contributed by atoms with Gasteiger partial charge in [-0.05, 0) is 35.7 Å². The molecule has 2 aromatic rings. The van der Waals surface area contributed by atoms with Crippen LogP contribution in [0.1, 0.15) is 24.5 Å². The molecule has 28 heavy (non-hydrogen) atoms. The van der Waals surface area contributed by atoms with Crippen LogP contribution in [0.4, 0.5) is 11.4 Å². The number of piperazine rings is 1. The maximum Gasteiger partial charge on any atom is 0.222 e. The first kappa shape index (κ1) is 19.4. The first-order chi connectivity index (χ1) is 13.6. The number of hydrogen-bond donors (Lipinski definition) is 0. The van der Waals surface area contributed by atoms with E-state index in [9.17, 15) is 4.79 Å². The predicted molar refractivity (Wildman–Crippen MR) is 117 cm³/mol. The third-order valence-electron chi connectivity index (χ3n) is 5.79. The molecular formula is C22H25Cl2N3O. The molecule has 4 nitrogen and oxygen atoms in total. The van der Waals surface area contributed by atoms with Gasteiger partial charge in [0.25, 0.3) is 0 Å². The Hall–Kier alpha value is -1.91. The lowest BCUT2D eigenvalue weighted by molar-refractivity contribution is -0.131. The van der Waals surface area contributed by atoms with Crippen LogP contribution >= 0.6 is 23.2 Å². The number of nitrogens with zero attached hydrogens (tertiary/aromatic N) is 3. The maximum atomic E-state index is 12.1. The average molecular weight is 418 g/mol. The van der Waals surface area contributed by atoms with Crippen molar-refractivity contribution in [3.8, 4) is 0 Å². The van der Waals surface area contributed by atoms with Crippen LogP contribution in [0.3, 0.4) is 0 Å². The van der Waals surface area contributed by atoms with Gasteiger partial charge in [-0.1, -0.05) is 48.3 Å². The van der Waals surface area contributed by atoms with E-state index < -0.39 is 0 Å². The van der Waals surface area contributed by atoms with E-state index in [4.69, 9.17) is 23.2 Å². The van der Waals surface area contributed by atoms with E-state index in [0.717, 1.165) is 51.4 Å². The highest BCUT2D eigenvalue weighted by molar-refractivity contribution is 6.43. The van der Waals surface area contributed by atoms with Crippen LogP contribution in [0.15, 0.2) is 36.4 Å². The second-order valence-corrected chi connectivity index (χ2v) is 8.17. The van der Waals surface area contributed by atoms with E-state index in [1.165, 1.54) is 16.8 Å². The van der Waals surface area contributed by atoms with E-state index in [1.807, 2.05) is 30.0 Å². The molecule has 0 unspecified atom stereocenters. The Morgan fingerprint density at radius 3 is 2.29 bits per heavy atom. The molecular weight excluding hydrogens is 393 g/mol. The molecule has 2 aliphatic heterocycles. The molecule has 4 rings (SSSR count). The predicted octanol–water partition coefficient (Wildman–Crippen LogP) is 4.61. The molecule has 1 amide bonds. The van der Waals surface area contributed by atoms with Gasteiger partial charge in [-0.25, -0.2) is 0 Å². The Kier molecular flexibility index (Phi) is 5.70. The number of hydrogen-bond acceptors (Lipinski definition) is 3. The lowest BCUT2D eigenvalue weighted by Gasteiger charge is -2.40. The highest BCUT2D eigenvalue weighted by Gasteiger charge is 2.25. The number of rotatable bonds is 3. The molecule has 0 N–H and O–H groups in total. The van der Waals surface area contributed by atoms with Crippen molar-refractivity contribution in [1.82, 2.24) is 4.90 Å². The first-order valence-corrected chi connectivity index (χ1v) is 10.7. The zero-order chi connectivity index (χ0) is 19.7. The third-order valence-corrected chi connectivity index (χ3v) is 6.60. The molecule has 1 fully saturated rings. The summed E-state index contributed by atoms with van der Waals surface area (Å²) in [7, 11) is 0. The van der Waals surface area contributed by atoms with Crippen molar-refractivity contribution < 1.29 is 4.79 Å². The first-order valence-electron chi connectivity index (χ1n) is 9.91. The van der Waals surface area contributed by atoms with Gasteiger partial charge in [-0.2, -0.15) is 0 Å². The van der Waals surface area contributed by atoms with Crippen LogP contribution in [0, 0.1) is 0 Å². The SMILES string of the molecule is CCC(=O)N1CCc2c(cccc2N2CCN(c3cccc(Cl)c3Cl)CC2)C1. The second-order valence-electron chi connectivity index (χ2n) is 7.38. The van der Waals surface area contributed by atoms with Crippen LogP contribution in [-0.2, 0) is 17.8 Å². The summed E-state index contributed by atoms with van der Waals surface area (Å²) in [6.45, 7) is 7.17. The fraction of sp³-hybridized carbons (Fsp3) is 0.409. The zero-order valence-corrected chi connectivity index (χ0v) is 17.6. The monoisotopic (exact) mass is 417 g/mol. The van der Waals surface area contributed by atoms with Crippen LogP contribution in [-0.4, -0.2) is 43.5 Å². The summed E-state index contributed by atoms with van der Waals surface area (Å²) < 4.78 is 0. The van der Waals surface area contributed by atoms with Gasteiger partial charge in [0.1, 0.15) is 0 Å². The molecule has 0 saturated carbocycles. The molecule has 0 spiro atoms. The van der Waals surface area contributed by atoms with Crippen molar-refractivity contribution in [1.29, 1.82) is 0 Å². The molecule has 6 heteroatoms. The second kappa shape index (κ2) is 8.22. The van der Waals surface area contributed by atoms with Crippen LogP contribution < -0.4 is 9.80 Å². The smallest absolute Gasteiger partial charge is 0.222 e. The number of benzene rings is 2. The standard InChI is InChI=1S/C22H25Cl2N3O/c1-2-21(28)27-10-9-17-16(15-27)5-3-7-19(17)25-11-13-26(14-12-25)20-8-4-6-18(23)22(20)24/h3-8H,2,9-15H2,1H3. The summed E-state index contributed by atoms with van der Waals surface area (Å²) in [5.74, 6) is 0.239. The minimum absolute atomic E-state index is 0.239. The van der Waals surface area contributed by atoms with Crippen molar-refractivity contribution in [3.05, 3.63) is 57.6 Å². The van der Waals surface area contributed by atoms with Crippen molar-refractivity contribution in [3.63, 3.8) is 0 Å². The quantitative estimate of drug-likeness (QED) is 0.728. The minimum Gasteiger partial charge on any atom is -0.368 e. The van der Waals surface area contributed by atoms with E-state index >= 15 is 0 Å². The Morgan fingerprint density at radius 2 is 1.57 bits per heavy atom. The van der Waals surface area contributed by atoms with Gasteiger partial charge < -0.3 is 14.7 Å². The van der Waals surface area contributed by atoms with Gasteiger partial charge in [0.15, 0.2) is 0 Å². The van der Waals surface area contributed by atoms with Crippen molar-refractivity contribution in [2.45, 2.75) is 26.3 Å². The molecule has 0 radical (unpaired) electrons. The molecule has 2 aromatic carbocycles. The lowest BCUT2D eigenvalue weighted by Crippen LogP contribution is -2.47. The molecule has 0 bridgehead atoms. The number of carbonyl (C=O) groups excluding carboxylic acids is 1. The molecule has 0 atom stereocenters. The minimum atomic E-state index is 0.239. The van der Waals surface area contributed by atoms with Crippen molar-refractivity contribution in [2.75, 3.05) is 42.5 Å². The molecule has 0 aromatic heterocycles. The van der Waals surface area contributed by atoms with Gasteiger partial charge in [-0.3, -0.25) is 4.79 Å². The maximum absolute atomic E-state index is 12.1. The molecule has 2 aliphatic rings. The fourth-order valence-electron chi connectivity index (χ4n) is 4.25. The highest BCUT2D eigenvalue weighted by atomic mass is 35.5. The number of amides is 1. The van der Waals surface area contributed by atoms with E-state index in [2.05, 4.69) is 28.0 Å². The number of anilines is 2. The summed E-state index contributed by atoms with van der Waals surface area (Å²) in [4.78, 5) is 18.8. The molecule has 148 valence electrons. The summed E-state index contributed by atoms with van der Waals surface area (Å²) in [5, 5.41) is 1.24. The zero-order valence-electron chi connectivity index (χ0n) is 16.1. The number of fused-ring (bicyclic) bond motifs is 1. The molecule has 0 aliphatic carbocycles. The van der Waals surface area contributed by atoms with E-state index in [-0.39, 0.29) is 5.91 Å². The summed E-state index contributed by atoms with van der Waals surface area (Å²) >= 11 is 12.6. The topological polar surface area (TPSA) is 26.8 Å². The van der Waals surface area contributed by atoms with Gasteiger partial charge in [0.2, 0.25) is 5.91 Å². The summed E-state index contributed by atoms with van der Waals surface area (Å²) in [6, 6.07) is 12.3. The van der Waals surface area contributed by atoms with Crippen LogP contribution in [0.5, 0.6) is 0 Å². The van der Waals surface area contributed by atoms with Gasteiger partial charge >= 0.3 is 0 Å². The summed E-state index contributed by atoms with van der Waals surface area (Å²) in [5.41, 5.74) is 5.01. The number of carbonyl (C=O) groups is 1. The Morgan fingerprint density at radius 1 is 0.929 bits per heavy atom. The third kappa shape index (κ3) is 3.68. The lowest BCUT2D eigenvalue weighted by atomic mass is 9.96. The molecule has 2 heterocycles. The van der Waals surface area contributed by atoms with E-state index in [1.54, 1.807) is 0 Å². The highest BCUT2D eigenvalue weighted by Crippen LogP contribution is 2.34. The Labute approximate surface area is 176 Å². The Bertz CT molecular complexity index is 878. The van der Waals surface area contributed by atoms with Gasteiger partial charge in [-0.15, -0.1) is 0 Å². The van der Waals surface area contributed by atoms with E-state index in [0.29, 0.717) is 16.5 Å². The van der Waals surface area contributed by atoms with Crippen molar-refractivity contribution in [2.24, 2.45) is 0 Å². The summed E-state index contributed by atoms with van der Waals surface area (Å²) in [6.07, 6.45) is 1.50. The number of halogens is 2. The fourth-order valence-corrected chi connectivity index (χ4v) is 4.66. The van der Waals surface area contributed by atoms with Crippen molar-refractivity contribution >= 4 is 40.5 Å².